The molecule has 0 spiro atoms. The van der Waals surface area contributed by atoms with Crippen molar-refractivity contribution in [2.24, 2.45) is 0 Å². The summed E-state index contributed by atoms with van der Waals surface area (Å²) in [6.07, 6.45) is 5.45. The molecule has 0 aromatic heterocycles. The lowest BCUT2D eigenvalue weighted by molar-refractivity contribution is -0.161. The van der Waals surface area contributed by atoms with Crippen molar-refractivity contribution in [2.45, 2.75) is 188 Å². The Kier molecular flexibility index (Phi) is 25.1. The van der Waals surface area contributed by atoms with E-state index in [9.17, 15) is 33.6 Å². The number of benzene rings is 1. The molecule has 0 heterocycles. The molecule has 385 valence electrons. The fraction of sp³-hybridized carbons (Fsp3) is 0.740. The monoisotopic (exact) mass is 960 g/mol. The van der Waals surface area contributed by atoms with E-state index in [0.29, 0.717) is 44.5 Å². The van der Waals surface area contributed by atoms with Crippen LogP contribution in [0.15, 0.2) is 24.3 Å². The summed E-state index contributed by atoms with van der Waals surface area (Å²) in [4.78, 5) is 95.9. The van der Waals surface area contributed by atoms with Crippen molar-refractivity contribution < 1.29 is 57.6 Å². The Morgan fingerprint density at radius 3 is 1.71 bits per heavy atom. The van der Waals surface area contributed by atoms with Gasteiger partial charge in [-0.05, 0) is 138 Å². The van der Waals surface area contributed by atoms with Gasteiger partial charge in [-0.15, -0.1) is 0 Å². The molecule has 4 atom stereocenters. The van der Waals surface area contributed by atoms with Gasteiger partial charge >= 0.3 is 29.8 Å². The summed E-state index contributed by atoms with van der Waals surface area (Å²) in [5.74, 6) is -3.50. The van der Waals surface area contributed by atoms with Gasteiger partial charge in [0.05, 0.1) is 32.8 Å². The first-order valence-corrected chi connectivity index (χ1v) is 24.3. The van der Waals surface area contributed by atoms with Crippen molar-refractivity contribution in [1.29, 1.82) is 0 Å². The van der Waals surface area contributed by atoms with E-state index in [1.165, 1.54) is 0 Å². The topological polar surface area (TPSA) is 234 Å². The number of carboxylic acids is 1. The average Bonchev–Trinajstić information content (AvgIpc) is 3.20. The van der Waals surface area contributed by atoms with Crippen LogP contribution in [-0.2, 0) is 58.9 Å². The first-order valence-electron chi connectivity index (χ1n) is 24.3. The van der Waals surface area contributed by atoms with Gasteiger partial charge in [-0.3, -0.25) is 48.3 Å². The smallest absolute Gasteiger partial charge is 0.322 e. The number of hydrogen-bond donors (Lipinski definition) is 3. The fourth-order valence-electron chi connectivity index (χ4n) is 8.15. The lowest BCUT2D eigenvalue weighted by Crippen LogP contribution is -2.59. The fourth-order valence-corrected chi connectivity index (χ4v) is 8.15. The number of unbranched alkanes of at least 4 members (excludes halogenated alkanes) is 1. The number of anilines is 1. The van der Waals surface area contributed by atoms with Crippen LogP contribution in [0.5, 0.6) is 0 Å². The molecule has 18 heteroatoms. The second-order valence-corrected chi connectivity index (χ2v) is 20.6. The minimum atomic E-state index is -1.17. The van der Waals surface area contributed by atoms with Gasteiger partial charge in [-0.2, -0.15) is 0 Å². The molecular weight excluding hydrogens is 877 g/mol. The molecule has 4 N–H and O–H groups in total. The molecule has 2 amide bonds. The number of amides is 2. The summed E-state index contributed by atoms with van der Waals surface area (Å²) in [6.45, 7) is 20.7. The lowest BCUT2D eigenvalue weighted by Gasteiger charge is -2.46. The molecule has 68 heavy (non-hydrogen) atoms. The van der Waals surface area contributed by atoms with Crippen molar-refractivity contribution >= 4 is 47.3 Å². The van der Waals surface area contributed by atoms with E-state index in [4.69, 9.17) is 29.8 Å². The maximum atomic E-state index is 13.8. The third kappa shape index (κ3) is 25.1. The minimum Gasteiger partial charge on any atom is -0.480 e. The van der Waals surface area contributed by atoms with E-state index in [-0.39, 0.29) is 88.5 Å². The van der Waals surface area contributed by atoms with Crippen molar-refractivity contribution in [2.75, 3.05) is 57.7 Å². The summed E-state index contributed by atoms with van der Waals surface area (Å²) < 4.78 is 22.8. The number of aliphatic carboxylic acids is 1. The molecule has 1 radical (unpaired) electrons. The molecule has 2 rings (SSSR count). The van der Waals surface area contributed by atoms with E-state index in [1.54, 1.807) is 44.7 Å². The first-order chi connectivity index (χ1) is 31.7. The van der Waals surface area contributed by atoms with Crippen LogP contribution in [0, 0.1) is 0 Å². The van der Waals surface area contributed by atoms with E-state index in [0.717, 1.165) is 31.2 Å². The van der Waals surface area contributed by atoms with E-state index >= 15 is 0 Å². The van der Waals surface area contributed by atoms with Gasteiger partial charge in [0.15, 0.2) is 0 Å². The second kappa shape index (κ2) is 28.7. The molecule has 1 unspecified atom stereocenters. The van der Waals surface area contributed by atoms with Gasteiger partial charge in [-0.25, -0.2) is 5.73 Å². The van der Waals surface area contributed by atoms with Gasteiger partial charge in [0.25, 0.3) is 0 Å². The molecule has 1 aromatic rings. The highest BCUT2D eigenvalue weighted by Gasteiger charge is 2.39. The number of ether oxygens (including phenoxy) is 4. The van der Waals surface area contributed by atoms with Gasteiger partial charge in [-0.1, -0.05) is 31.9 Å². The van der Waals surface area contributed by atoms with E-state index < -0.39 is 52.8 Å². The van der Waals surface area contributed by atoms with Crippen LogP contribution >= 0.6 is 0 Å². The summed E-state index contributed by atoms with van der Waals surface area (Å²) >= 11 is 0. The summed E-state index contributed by atoms with van der Waals surface area (Å²) in [5, 5.41) is 14.5. The molecule has 0 aliphatic heterocycles. The number of nitrogens with one attached hydrogen (secondary N) is 3. The van der Waals surface area contributed by atoms with Crippen LogP contribution in [-0.4, -0.2) is 155 Å². The molecular formula is C50H83N6O12. The van der Waals surface area contributed by atoms with Crippen LogP contribution < -0.4 is 16.4 Å². The Hall–Kier alpha value is -4.65. The maximum Gasteiger partial charge on any atom is 0.322 e. The third-order valence-electron chi connectivity index (χ3n) is 11.0. The number of carbonyl (C=O) groups is 7. The van der Waals surface area contributed by atoms with E-state index in [2.05, 4.69) is 20.4 Å². The Morgan fingerprint density at radius 1 is 0.691 bits per heavy atom. The first kappa shape index (κ1) is 59.5. The highest BCUT2D eigenvalue weighted by Crippen LogP contribution is 2.29. The molecule has 0 bridgehead atoms. The molecule has 1 saturated carbocycles. The van der Waals surface area contributed by atoms with Crippen LogP contribution in [0.2, 0.25) is 0 Å². The predicted octanol–water partition coefficient (Wildman–Crippen LogP) is 5.55. The molecule has 1 fully saturated rings. The zero-order valence-electron chi connectivity index (χ0n) is 42.8. The lowest BCUT2D eigenvalue weighted by atomic mass is 9.87. The average molecular weight is 960 g/mol. The summed E-state index contributed by atoms with van der Waals surface area (Å²) in [6, 6.07) is 5.14. The van der Waals surface area contributed by atoms with Crippen LogP contribution in [0.1, 0.15) is 146 Å². The SMILES string of the molecule is CCOC(=O)CN(CC(=O)OC(C)(C)C)[C@H](Cc1ccc(NC(=O)CCCC(=O)NCCCCC([NH])C(=O)O)cc1)CN(CC(=O)OC(C)(C)C)[C@H]1CCCC[C@@H]1N(CC)CC(=O)OC(C)(C)C. The Balaban J connectivity index is 2.46. The standard InChI is InChI=1S/C50H83N6O12/c1-12-54(32-44(60)66-48(3,4)5)39-20-14-15-21-40(39)56(34-46(62)68-50(9,10)11)30-37(55(31-43(59)65-13-2)33-45(61)67-49(6,7)8)29-35-24-26-36(27-25-35)53-42(58)23-18-22-41(57)52-28-17-16-19-38(51)47(63)64/h24-27,37-40,51H,12-23,28-34H2,1-11H3,(H,52,57)(H,53,58)(H,63,64)/t37-,38?,39+,40+/m1/s1. The summed E-state index contributed by atoms with van der Waals surface area (Å²) in [7, 11) is 0. The zero-order valence-corrected chi connectivity index (χ0v) is 42.8. The minimum absolute atomic E-state index is 0.0674. The highest BCUT2D eigenvalue weighted by atomic mass is 16.6. The molecule has 0 saturated heterocycles. The third-order valence-corrected chi connectivity index (χ3v) is 11.0. The van der Waals surface area contributed by atoms with Crippen molar-refractivity contribution in [1.82, 2.24) is 25.8 Å². The summed E-state index contributed by atoms with van der Waals surface area (Å²) in [5.41, 5.74) is 6.57. The predicted molar refractivity (Wildman–Crippen MR) is 258 cm³/mol. The van der Waals surface area contributed by atoms with Gasteiger partial charge in [0.2, 0.25) is 11.8 Å². The van der Waals surface area contributed by atoms with Gasteiger partial charge < -0.3 is 34.7 Å². The highest BCUT2D eigenvalue weighted by molar-refractivity contribution is 5.91. The van der Waals surface area contributed by atoms with Crippen molar-refractivity contribution in [3.63, 3.8) is 0 Å². The largest absolute Gasteiger partial charge is 0.480 e. The zero-order chi connectivity index (χ0) is 51.2. The Labute approximate surface area is 405 Å². The van der Waals surface area contributed by atoms with Crippen molar-refractivity contribution in [3.05, 3.63) is 29.8 Å². The number of rotatable bonds is 28. The Morgan fingerprint density at radius 2 is 1.19 bits per heavy atom. The number of esters is 4. The van der Waals surface area contributed by atoms with Crippen LogP contribution in [0.3, 0.4) is 0 Å². The Bertz CT molecular complexity index is 1770. The maximum absolute atomic E-state index is 13.8. The number of hydrogen-bond acceptors (Lipinski definition) is 14. The van der Waals surface area contributed by atoms with E-state index in [1.807, 2.05) is 60.6 Å². The molecule has 18 nitrogen and oxygen atoms in total. The van der Waals surface area contributed by atoms with Gasteiger partial charge in [0, 0.05) is 49.7 Å². The molecule has 1 aliphatic carbocycles. The number of likely N-dealkylation sites (N-methyl/N-ethyl adjacent to an activating group) is 1. The molecule has 1 aliphatic rings. The number of nitrogens with zero attached hydrogens (tertiary/aromatic N) is 3. The normalized spacial score (nSPS) is 16.5. The quantitative estimate of drug-likeness (QED) is 0.0530. The number of carboxylic acid groups (broad SMARTS) is 1. The number of carbonyl (C=O) groups excluding carboxylic acids is 6. The van der Waals surface area contributed by atoms with Gasteiger partial charge in [0.1, 0.15) is 22.8 Å². The van der Waals surface area contributed by atoms with Crippen LogP contribution in [0.4, 0.5) is 5.69 Å². The van der Waals surface area contributed by atoms with Crippen LogP contribution in [0.25, 0.3) is 0 Å². The van der Waals surface area contributed by atoms with Crippen molar-refractivity contribution in [3.8, 4) is 0 Å². The molecule has 1 aromatic carbocycles. The second-order valence-electron chi connectivity index (χ2n) is 20.6.